The maximum atomic E-state index is 10.9. The van der Waals surface area contributed by atoms with Crippen LogP contribution in [0.4, 0.5) is 0 Å². The summed E-state index contributed by atoms with van der Waals surface area (Å²) in [5, 5.41) is 2.84. The van der Waals surface area contributed by atoms with Gasteiger partial charge in [0.05, 0.1) is 0 Å². The van der Waals surface area contributed by atoms with E-state index in [0.717, 1.165) is 6.54 Å². The summed E-state index contributed by atoms with van der Waals surface area (Å²) in [6.07, 6.45) is 1.66. The van der Waals surface area contributed by atoms with Gasteiger partial charge in [0, 0.05) is 18.8 Å². The molecule has 0 spiro atoms. The molecule has 3 heteroatoms. The van der Waals surface area contributed by atoms with Crippen molar-refractivity contribution in [3.05, 3.63) is 22.6 Å². The van der Waals surface area contributed by atoms with E-state index in [1.807, 2.05) is 0 Å². The van der Waals surface area contributed by atoms with Crippen molar-refractivity contribution in [1.29, 1.82) is 0 Å². The van der Waals surface area contributed by atoms with Crippen molar-refractivity contribution in [1.82, 2.24) is 9.78 Å². The van der Waals surface area contributed by atoms with Crippen LogP contribution in [-0.4, -0.2) is 9.78 Å². The van der Waals surface area contributed by atoms with Gasteiger partial charge >= 0.3 is 0 Å². The van der Waals surface area contributed by atoms with E-state index >= 15 is 0 Å². The highest BCUT2D eigenvalue weighted by atomic mass is 16.1. The first-order chi connectivity index (χ1) is 4.70. The van der Waals surface area contributed by atoms with Crippen LogP contribution < -0.4 is 5.56 Å². The number of nitrogens with one attached hydrogen (secondary N) is 1. The van der Waals surface area contributed by atoms with Crippen LogP contribution in [0, 0.1) is 5.92 Å². The van der Waals surface area contributed by atoms with Gasteiger partial charge in [-0.15, -0.1) is 0 Å². The third kappa shape index (κ3) is 1.50. The molecule has 3 nitrogen and oxygen atoms in total. The molecular formula is C7H12N2O. The number of aromatic amines is 1. The Kier molecular flexibility index (Phi) is 1.94. The van der Waals surface area contributed by atoms with Gasteiger partial charge in [0.2, 0.25) is 0 Å². The van der Waals surface area contributed by atoms with Crippen LogP contribution in [-0.2, 0) is 6.54 Å². The smallest absolute Gasteiger partial charge is 0.266 e. The second-order valence-electron chi connectivity index (χ2n) is 2.81. The van der Waals surface area contributed by atoms with Crippen molar-refractivity contribution < 1.29 is 0 Å². The molecule has 0 unspecified atom stereocenters. The zero-order chi connectivity index (χ0) is 7.56. The summed E-state index contributed by atoms with van der Waals surface area (Å²) in [7, 11) is 0. The first kappa shape index (κ1) is 7.12. The van der Waals surface area contributed by atoms with E-state index < -0.39 is 0 Å². The van der Waals surface area contributed by atoms with Crippen LogP contribution >= 0.6 is 0 Å². The van der Waals surface area contributed by atoms with E-state index in [-0.39, 0.29) is 5.56 Å². The Hall–Kier alpha value is -0.990. The average molecular weight is 140 g/mol. The number of rotatable bonds is 2. The second kappa shape index (κ2) is 2.73. The zero-order valence-corrected chi connectivity index (χ0v) is 6.29. The van der Waals surface area contributed by atoms with E-state index in [1.165, 1.54) is 6.07 Å². The molecule has 1 heterocycles. The van der Waals surface area contributed by atoms with Gasteiger partial charge in [0.15, 0.2) is 0 Å². The van der Waals surface area contributed by atoms with Gasteiger partial charge in [-0.25, -0.2) is 0 Å². The molecule has 0 bridgehead atoms. The van der Waals surface area contributed by atoms with Gasteiger partial charge in [-0.2, -0.15) is 0 Å². The standard InChI is InChI=1S/C7H12N2O/c1-6(2)5-9-7(10)3-4-8-9/h3-4,6,8H,5H2,1-2H3. The summed E-state index contributed by atoms with van der Waals surface area (Å²) in [5.41, 5.74) is 0.0497. The molecule has 10 heavy (non-hydrogen) atoms. The lowest BCUT2D eigenvalue weighted by Gasteiger charge is -2.03. The fourth-order valence-corrected chi connectivity index (χ4v) is 0.860. The van der Waals surface area contributed by atoms with Gasteiger partial charge in [-0.05, 0) is 5.92 Å². The Morgan fingerprint density at radius 3 is 2.80 bits per heavy atom. The number of hydrogen-bond donors (Lipinski definition) is 1. The third-order valence-corrected chi connectivity index (χ3v) is 1.27. The van der Waals surface area contributed by atoms with E-state index in [2.05, 4.69) is 18.9 Å². The van der Waals surface area contributed by atoms with Gasteiger partial charge in [0.25, 0.3) is 5.56 Å². The first-order valence-corrected chi connectivity index (χ1v) is 3.44. The van der Waals surface area contributed by atoms with Crippen LogP contribution in [0.5, 0.6) is 0 Å². The van der Waals surface area contributed by atoms with Crippen molar-refractivity contribution in [3.8, 4) is 0 Å². The maximum absolute atomic E-state index is 10.9. The molecule has 0 aliphatic heterocycles. The molecular weight excluding hydrogens is 128 g/mol. The highest BCUT2D eigenvalue weighted by Crippen LogP contribution is 1.92. The van der Waals surface area contributed by atoms with Crippen LogP contribution in [0.15, 0.2) is 17.1 Å². The molecule has 1 aromatic heterocycles. The Labute approximate surface area is 59.7 Å². The highest BCUT2D eigenvalue weighted by molar-refractivity contribution is 4.79. The fraction of sp³-hybridized carbons (Fsp3) is 0.571. The van der Waals surface area contributed by atoms with E-state index in [4.69, 9.17) is 0 Å². The summed E-state index contributed by atoms with van der Waals surface area (Å²) in [5.74, 6) is 0.511. The minimum absolute atomic E-state index is 0.0497. The molecule has 0 saturated heterocycles. The van der Waals surface area contributed by atoms with Crippen molar-refractivity contribution in [2.45, 2.75) is 20.4 Å². The Morgan fingerprint density at radius 2 is 2.40 bits per heavy atom. The number of H-pyrrole nitrogens is 1. The van der Waals surface area contributed by atoms with Gasteiger partial charge in [0.1, 0.15) is 0 Å². The molecule has 0 aliphatic carbocycles. The summed E-state index contributed by atoms with van der Waals surface area (Å²) < 4.78 is 1.60. The normalized spacial score (nSPS) is 10.7. The van der Waals surface area contributed by atoms with Crippen molar-refractivity contribution in [2.24, 2.45) is 5.92 Å². The molecule has 0 atom stereocenters. The quantitative estimate of drug-likeness (QED) is 0.649. The molecule has 1 rings (SSSR count). The van der Waals surface area contributed by atoms with E-state index in [1.54, 1.807) is 10.9 Å². The van der Waals surface area contributed by atoms with Crippen LogP contribution in [0.3, 0.4) is 0 Å². The third-order valence-electron chi connectivity index (χ3n) is 1.27. The number of nitrogens with zero attached hydrogens (tertiary/aromatic N) is 1. The fourth-order valence-electron chi connectivity index (χ4n) is 0.860. The summed E-state index contributed by atoms with van der Waals surface area (Å²) in [6, 6.07) is 1.53. The van der Waals surface area contributed by atoms with Gasteiger partial charge < -0.3 is 5.10 Å². The van der Waals surface area contributed by atoms with Crippen LogP contribution in [0.1, 0.15) is 13.8 Å². The van der Waals surface area contributed by atoms with Crippen LogP contribution in [0.2, 0.25) is 0 Å². The lowest BCUT2D eigenvalue weighted by atomic mass is 10.2. The monoisotopic (exact) mass is 140 g/mol. The second-order valence-corrected chi connectivity index (χ2v) is 2.81. The average Bonchev–Trinajstić information content (AvgIpc) is 2.15. The minimum Gasteiger partial charge on any atom is -0.303 e. The number of hydrogen-bond acceptors (Lipinski definition) is 1. The Morgan fingerprint density at radius 1 is 1.70 bits per heavy atom. The SMILES string of the molecule is CC(C)Cn1[nH]ccc1=O. The molecule has 56 valence electrons. The van der Waals surface area contributed by atoms with Gasteiger partial charge in [-0.3, -0.25) is 9.48 Å². The molecule has 0 amide bonds. The zero-order valence-electron chi connectivity index (χ0n) is 6.29. The highest BCUT2D eigenvalue weighted by Gasteiger charge is 1.97. The Balaban J connectivity index is 2.75. The predicted molar refractivity (Wildman–Crippen MR) is 39.9 cm³/mol. The van der Waals surface area contributed by atoms with E-state index in [0.29, 0.717) is 5.92 Å². The molecule has 1 aromatic rings. The van der Waals surface area contributed by atoms with Crippen molar-refractivity contribution >= 4 is 0 Å². The topological polar surface area (TPSA) is 37.8 Å². The summed E-state index contributed by atoms with van der Waals surface area (Å²) >= 11 is 0. The minimum atomic E-state index is 0.0497. The van der Waals surface area contributed by atoms with Crippen molar-refractivity contribution in [2.75, 3.05) is 0 Å². The molecule has 0 radical (unpaired) electrons. The molecule has 0 aliphatic rings. The lowest BCUT2D eigenvalue weighted by molar-refractivity contribution is 0.473. The van der Waals surface area contributed by atoms with Gasteiger partial charge in [-0.1, -0.05) is 13.8 Å². The summed E-state index contributed by atoms with van der Waals surface area (Å²) in [6.45, 7) is 4.92. The van der Waals surface area contributed by atoms with Crippen LogP contribution in [0.25, 0.3) is 0 Å². The summed E-state index contributed by atoms with van der Waals surface area (Å²) in [4.78, 5) is 10.9. The predicted octanol–water partition coefficient (Wildman–Crippen LogP) is 0.832. The molecule has 0 aromatic carbocycles. The first-order valence-electron chi connectivity index (χ1n) is 3.44. The lowest BCUT2D eigenvalue weighted by Crippen LogP contribution is -2.18. The van der Waals surface area contributed by atoms with E-state index in [9.17, 15) is 4.79 Å². The van der Waals surface area contributed by atoms with Crippen molar-refractivity contribution in [3.63, 3.8) is 0 Å². The Bertz CT molecular complexity index is 246. The molecule has 0 saturated carbocycles. The molecule has 0 fully saturated rings. The largest absolute Gasteiger partial charge is 0.303 e. The maximum Gasteiger partial charge on any atom is 0.266 e. The molecule has 1 N–H and O–H groups in total. The number of aromatic nitrogens is 2.